The van der Waals surface area contributed by atoms with Gasteiger partial charge < -0.3 is 10.6 Å². The van der Waals surface area contributed by atoms with Crippen LogP contribution in [0.3, 0.4) is 0 Å². The minimum absolute atomic E-state index is 0.0683. The highest BCUT2D eigenvalue weighted by Crippen LogP contribution is 2.15. The second-order valence-corrected chi connectivity index (χ2v) is 5.76. The Hall–Kier alpha value is -2.29. The van der Waals surface area contributed by atoms with E-state index in [2.05, 4.69) is 61.7 Å². The standard InChI is InChI=1S/C19H24N2O/c1-14-5-4-6-17(12-14)13-21-19(22)9-10-20-18-8-7-15(2)11-16(18)3/h4-8,11-12,20H,9-10,13H2,1-3H3,(H,21,22). The summed E-state index contributed by atoms with van der Waals surface area (Å²) in [7, 11) is 0. The maximum absolute atomic E-state index is 11.9. The molecule has 0 aliphatic rings. The number of anilines is 1. The molecule has 0 aliphatic heterocycles. The second kappa shape index (κ2) is 7.64. The molecule has 0 spiro atoms. The molecule has 0 saturated carbocycles. The Morgan fingerprint density at radius 1 is 1.00 bits per heavy atom. The zero-order valence-corrected chi connectivity index (χ0v) is 13.6. The van der Waals surface area contributed by atoms with Crippen LogP contribution in [0.15, 0.2) is 42.5 Å². The first-order chi connectivity index (χ1) is 10.5. The number of hydrogen-bond acceptors (Lipinski definition) is 2. The van der Waals surface area contributed by atoms with E-state index in [4.69, 9.17) is 0 Å². The van der Waals surface area contributed by atoms with Gasteiger partial charge in [0.05, 0.1) is 0 Å². The molecule has 0 radical (unpaired) electrons. The molecule has 22 heavy (non-hydrogen) atoms. The molecule has 3 heteroatoms. The summed E-state index contributed by atoms with van der Waals surface area (Å²) >= 11 is 0. The quantitative estimate of drug-likeness (QED) is 0.853. The van der Waals surface area contributed by atoms with E-state index < -0.39 is 0 Å². The van der Waals surface area contributed by atoms with Gasteiger partial charge >= 0.3 is 0 Å². The second-order valence-electron chi connectivity index (χ2n) is 5.76. The molecule has 2 rings (SSSR count). The Kier molecular flexibility index (Phi) is 5.59. The predicted molar refractivity (Wildman–Crippen MR) is 92.0 cm³/mol. The molecule has 2 aromatic rings. The summed E-state index contributed by atoms with van der Waals surface area (Å²) in [6, 6.07) is 14.5. The molecular formula is C19H24N2O. The van der Waals surface area contributed by atoms with E-state index in [0.717, 1.165) is 11.3 Å². The Labute approximate surface area is 132 Å². The monoisotopic (exact) mass is 296 g/mol. The Morgan fingerprint density at radius 2 is 1.77 bits per heavy atom. The van der Waals surface area contributed by atoms with Crippen LogP contribution in [0.4, 0.5) is 5.69 Å². The highest BCUT2D eigenvalue weighted by atomic mass is 16.1. The van der Waals surface area contributed by atoms with Gasteiger partial charge in [-0.05, 0) is 38.0 Å². The van der Waals surface area contributed by atoms with E-state index in [1.165, 1.54) is 16.7 Å². The van der Waals surface area contributed by atoms with Crippen LogP contribution in [0.1, 0.15) is 28.7 Å². The third kappa shape index (κ3) is 4.92. The zero-order valence-electron chi connectivity index (χ0n) is 13.6. The van der Waals surface area contributed by atoms with Crippen molar-refractivity contribution in [3.05, 3.63) is 64.7 Å². The van der Waals surface area contributed by atoms with Gasteiger partial charge in [-0.15, -0.1) is 0 Å². The minimum Gasteiger partial charge on any atom is -0.384 e. The van der Waals surface area contributed by atoms with Crippen molar-refractivity contribution in [1.29, 1.82) is 0 Å². The molecule has 3 nitrogen and oxygen atoms in total. The lowest BCUT2D eigenvalue weighted by Crippen LogP contribution is -2.25. The highest BCUT2D eigenvalue weighted by Gasteiger charge is 2.03. The molecule has 0 aromatic heterocycles. The van der Waals surface area contributed by atoms with Crippen LogP contribution in [0.25, 0.3) is 0 Å². The first-order valence-corrected chi connectivity index (χ1v) is 7.68. The normalized spacial score (nSPS) is 10.3. The third-order valence-corrected chi connectivity index (χ3v) is 3.62. The molecule has 0 heterocycles. The van der Waals surface area contributed by atoms with Gasteiger partial charge in [0.15, 0.2) is 0 Å². The summed E-state index contributed by atoms with van der Waals surface area (Å²) < 4.78 is 0. The van der Waals surface area contributed by atoms with Gasteiger partial charge in [0.2, 0.25) is 5.91 Å². The van der Waals surface area contributed by atoms with E-state index in [0.29, 0.717) is 19.5 Å². The molecule has 0 unspecified atom stereocenters. The van der Waals surface area contributed by atoms with E-state index in [-0.39, 0.29) is 5.91 Å². The lowest BCUT2D eigenvalue weighted by Gasteiger charge is -2.10. The fraction of sp³-hybridized carbons (Fsp3) is 0.316. The number of carbonyl (C=O) groups excluding carboxylic acids is 1. The van der Waals surface area contributed by atoms with Crippen molar-refractivity contribution in [3.63, 3.8) is 0 Å². The average Bonchev–Trinajstić information content (AvgIpc) is 2.47. The van der Waals surface area contributed by atoms with Crippen molar-refractivity contribution in [3.8, 4) is 0 Å². The molecule has 0 bridgehead atoms. The van der Waals surface area contributed by atoms with Crippen LogP contribution in [-0.2, 0) is 11.3 Å². The number of hydrogen-bond donors (Lipinski definition) is 2. The molecule has 116 valence electrons. The molecule has 0 fully saturated rings. The van der Waals surface area contributed by atoms with Crippen molar-refractivity contribution in [1.82, 2.24) is 5.32 Å². The average molecular weight is 296 g/mol. The van der Waals surface area contributed by atoms with Crippen molar-refractivity contribution in [2.75, 3.05) is 11.9 Å². The van der Waals surface area contributed by atoms with Gasteiger partial charge in [0.1, 0.15) is 0 Å². The van der Waals surface area contributed by atoms with Crippen LogP contribution < -0.4 is 10.6 Å². The topological polar surface area (TPSA) is 41.1 Å². The molecule has 2 N–H and O–H groups in total. The molecule has 2 aromatic carbocycles. The van der Waals surface area contributed by atoms with Crippen molar-refractivity contribution in [2.45, 2.75) is 33.7 Å². The maximum Gasteiger partial charge on any atom is 0.222 e. The molecule has 0 aliphatic carbocycles. The number of nitrogens with one attached hydrogen (secondary N) is 2. The smallest absolute Gasteiger partial charge is 0.222 e. The third-order valence-electron chi connectivity index (χ3n) is 3.62. The van der Waals surface area contributed by atoms with Crippen LogP contribution >= 0.6 is 0 Å². The van der Waals surface area contributed by atoms with Gasteiger partial charge in [0.25, 0.3) is 0 Å². The van der Waals surface area contributed by atoms with E-state index in [1.54, 1.807) is 0 Å². The number of benzene rings is 2. The van der Waals surface area contributed by atoms with E-state index >= 15 is 0 Å². The largest absolute Gasteiger partial charge is 0.384 e. The first kappa shape index (κ1) is 16.1. The lowest BCUT2D eigenvalue weighted by molar-refractivity contribution is -0.121. The lowest BCUT2D eigenvalue weighted by atomic mass is 10.1. The summed E-state index contributed by atoms with van der Waals surface area (Å²) in [5.74, 6) is 0.0683. The summed E-state index contributed by atoms with van der Waals surface area (Å²) in [4.78, 5) is 11.9. The number of aryl methyl sites for hydroxylation is 3. The van der Waals surface area contributed by atoms with Crippen molar-refractivity contribution in [2.24, 2.45) is 0 Å². The molecular weight excluding hydrogens is 272 g/mol. The summed E-state index contributed by atoms with van der Waals surface area (Å²) in [6.07, 6.45) is 0.471. The van der Waals surface area contributed by atoms with Crippen LogP contribution in [0.5, 0.6) is 0 Å². The van der Waals surface area contributed by atoms with Gasteiger partial charge in [-0.25, -0.2) is 0 Å². The van der Waals surface area contributed by atoms with Gasteiger partial charge in [-0.1, -0.05) is 47.5 Å². The summed E-state index contributed by atoms with van der Waals surface area (Å²) in [5.41, 5.74) is 5.90. The van der Waals surface area contributed by atoms with E-state index in [1.807, 2.05) is 12.1 Å². The molecule has 0 saturated heterocycles. The van der Waals surface area contributed by atoms with Crippen molar-refractivity contribution >= 4 is 11.6 Å². The fourth-order valence-electron chi connectivity index (χ4n) is 2.43. The van der Waals surface area contributed by atoms with Crippen LogP contribution in [-0.4, -0.2) is 12.5 Å². The minimum atomic E-state index is 0.0683. The Balaban J connectivity index is 1.74. The predicted octanol–water partition coefficient (Wildman–Crippen LogP) is 3.73. The van der Waals surface area contributed by atoms with Gasteiger partial charge in [-0.3, -0.25) is 4.79 Å². The Morgan fingerprint density at radius 3 is 2.50 bits per heavy atom. The maximum atomic E-state index is 11.9. The Bertz CT molecular complexity index is 650. The summed E-state index contributed by atoms with van der Waals surface area (Å²) in [5, 5.41) is 6.27. The zero-order chi connectivity index (χ0) is 15.9. The first-order valence-electron chi connectivity index (χ1n) is 7.68. The SMILES string of the molecule is Cc1cccc(CNC(=O)CCNc2ccc(C)cc2C)c1. The van der Waals surface area contributed by atoms with E-state index in [9.17, 15) is 4.79 Å². The number of carbonyl (C=O) groups is 1. The fourth-order valence-corrected chi connectivity index (χ4v) is 2.43. The van der Waals surface area contributed by atoms with Crippen molar-refractivity contribution < 1.29 is 4.79 Å². The number of amides is 1. The summed E-state index contributed by atoms with van der Waals surface area (Å²) in [6.45, 7) is 7.44. The van der Waals surface area contributed by atoms with Gasteiger partial charge in [0, 0.05) is 25.2 Å². The molecule has 1 amide bonds. The number of rotatable bonds is 6. The molecule has 0 atom stereocenters. The highest BCUT2D eigenvalue weighted by molar-refractivity contribution is 5.76. The van der Waals surface area contributed by atoms with Crippen LogP contribution in [0, 0.1) is 20.8 Å². The van der Waals surface area contributed by atoms with Crippen LogP contribution in [0.2, 0.25) is 0 Å². The van der Waals surface area contributed by atoms with Gasteiger partial charge in [-0.2, -0.15) is 0 Å².